The number of hydrogen-bond donors (Lipinski definition) is 2. The first kappa shape index (κ1) is 31.7. The van der Waals surface area contributed by atoms with Gasteiger partial charge in [0.1, 0.15) is 5.75 Å². The standard InChI is InChI=1S/C36H45BN2O6/c1-3-24(18-26-10-7-11-29(40)19-26)12-13-32-33-27(23-44-2)20-30-34(31(33)21-37(43)45-32)36(42)39(35(30)41)28-14-16-38(17-15-28)22-25-8-5-4-6-9-25/h4-11,18-19,28,30-32,34,40,43H,3,12-17,20-23H2,1-2H3/b24-18+/t30-,31+,32-,34-/m1/s1. The lowest BCUT2D eigenvalue weighted by Gasteiger charge is -2.43. The van der Waals surface area contributed by atoms with Gasteiger partial charge in [-0.25, -0.2) is 0 Å². The van der Waals surface area contributed by atoms with Crippen LogP contribution in [0.15, 0.2) is 71.3 Å². The van der Waals surface area contributed by atoms with Crippen molar-refractivity contribution in [2.24, 2.45) is 17.8 Å². The third-order valence-corrected chi connectivity index (χ3v) is 10.3. The van der Waals surface area contributed by atoms with Gasteiger partial charge in [-0.15, -0.1) is 0 Å². The molecule has 3 fully saturated rings. The van der Waals surface area contributed by atoms with Crippen LogP contribution in [0.3, 0.4) is 0 Å². The average molecular weight is 613 g/mol. The number of allylic oxidation sites excluding steroid dienone is 1. The van der Waals surface area contributed by atoms with Gasteiger partial charge in [0.25, 0.3) is 0 Å². The predicted octanol–water partition coefficient (Wildman–Crippen LogP) is 5.07. The first-order chi connectivity index (χ1) is 21.9. The van der Waals surface area contributed by atoms with Crippen molar-refractivity contribution in [1.29, 1.82) is 0 Å². The number of amides is 2. The number of phenolic OH excluding ortho intramolecular Hbond substituents is 1. The SMILES string of the molecule is CC/C(=C\c1cccc(O)c1)CC[C@H]1OB(O)C[C@H]2C1=C(COC)C[C@H]1C(=O)N(C3CCN(Cc4ccccc4)CC3)C(=O)[C@H]12. The molecule has 3 aliphatic heterocycles. The van der Waals surface area contributed by atoms with Gasteiger partial charge in [-0.2, -0.15) is 0 Å². The highest BCUT2D eigenvalue weighted by atomic mass is 16.5. The highest BCUT2D eigenvalue weighted by Crippen LogP contribution is 2.51. The summed E-state index contributed by atoms with van der Waals surface area (Å²) in [6.07, 6.45) is 6.33. The molecule has 1 aliphatic carbocycles. The van der Waals surface area contributed by atoms with Crippen LogP contribution in [0.4, 0.5) is 0 Å². The van der Waals surface area contributed by atoms with Crippen LogP contribution in [-0.2, 0) is 25.5 Å². The van der Waals surface area contributed by atoms with Crippen molar-refractivity contribution in [3.8, 4) is 5.75 Å². The van der Waals surface area contributed by atoms with E-state index in [2.05, 4.69) is 42.2 Å². The lowest BCUT2D eigenvalue weighted by atomic mass is 9.58. The molecule has 0 aromatic heterocycles. The maximum Gasteiger partial charge on any atom is 0.455 e. The number of piperidine rings is 1. The van der Waals surface area contributed by atoms with Gasteiger partial charge in [-0.1, -0.05) is 61.0 Å². The Hall–Kier alpha value is -3.24. The maximum atomic E-state index is 14.2. The average Bonchev–Trinajstić information content (AvgIpc) is 3.29. The molecule has 0 saturated carbocycles. The van der Waals surface area contributed by atoms with Gasteiger partial charge in [0.05, 0.1) is 24.5 Å². The summed E-state index contributed by atoms with van der Waals surface area (Å²) in [5.74, 6) is -1.03. The van der Waals surface area contributed by atoms with E-state index in [1.165, 1.54) is 11.1 Å². The second-order valence-corrected chi connectivity index (χ2v) is 13.1. The monoisotopic (exact) mass is 612 g/mol. The van der Waals surface area contributed by atoms with E-state index in [1.807, 2.05) is 18.2 Å². The Morgan fingerprint density at radius 2 is 1.84 bits per heavy atom. The Labute approximate surface area is 266 Å². The number of carbonyl (C=O) groups excluding carboxylic acids is 2. The quantitative estimate of drug-likeness (QED) is 0.220. The zero-order valence-electron chi connectivity index (χ0n) is 26.4. The first-order valence-corrected chi connectivity index (χ1v) is 16.5. The van der Waals surface area contributed by atoms with Crippen LogP contribution < -0.4 is 0 Å². The molecule has 6 rings (SSSR count). The number of carbonyl (C=O) groups is 2. The molecule has 45 heavy (non-hydrogen) atoms. The number of imide groups is 1. The molecule has 2 aromatic carbocycles. The normalized spacial score (nSPS) is 26.4. The maximum absolute atomic E-state index is 14.2. The number of nitrogens with zero attached hydrogens (tertiary/aromatic N) is 2. The number of hydrogen-bond acceptors (Lipinski definition) is 7. The minimum atomic E-state index is -0.996. The number of benzene rings is 2. The smallest absolute Gasteiger partial charge is 0.455 e. The highest BCUT2D eigenvalue weighted by molar-refractivity contribution is 6.43. The number of likely N-dealkylation sites (tertiary alicyclic amines) is 2. The number of aromatic hydroxyl groups is 1. The number of methoxy groups -OCH3 is 1. The van der Waals surface area contributed by atoms with E-state index >= 15 is 0 Å². The van der Waals surface area contributed by atoms with E-state index in [0.717, 1.165) is 62.0 Å². The van der Waals surface area contributed by atoms with Crippen molar-refractivity contribution >= 4 is 25.0 Å². The molecule has 4 atom stereocenters. The molecule has 2 N–H and O–H groups in total. The van der Waals surface area contributed by atoms with Crippen molar-refractivity contribution in [1.82, 2.24) is 9.80 Å². The molecule has 8 nitrogen and oxygen atoms in total. The fraction of sp³-hybridized carbons (Fsp3) is 0.500. The zero-order valence-corrected chi connectivity index (χ0v) is 26.4. The summed E-state index contributed by atoms with van der Waals surface area (Å²) in [5.41, 5.74) is 5.51. The lowest BCUT2D eigenvalue weighted by Crippen LogP contribution is -2.48. The molecular weight excluding hydrogens is 567 g/mol. The number of ether oxygens (including phenoxy) is 1. The molecule has 0 bridgehead atoms. The topological polar surface area (TPSA) is 99.5 Å². The van der Waals surface area contributed by atoms with E-state index in [4.69, 9.17) is 9.39 Å². The van der Waals surface area contributed by atoms with Crippen molar-refractivity contribution < 1.29 is 29.1 Å². The molecule has 9 heteroatoms. The minimum Gasteiger partial charge on any atom is -0.508 e. The Balaban J connectivity index is 1.18. The predicted molar refractivity (Wildman–Crippen MR) is 174 cm³/mol. The van der Waals surface area contributed by atoms with Crippen LogP contribution >= 0.6 is 0 Å². The minimum absolute atomic E-state index is 0.0565. The van der Waals surface area contributed by atoms with Gasteiger partial charge < -0.3 is 19.5 Å². The molecule has 2 aromatic rings. The number of rotatable bonds is 10. The van der Waals surface area contributed by atoms with Gasteiger partial charge in [-0.05, 0) is 85.2 Å². The number of phenols is 1. The Morgan fingerprint density at radius 1 is 1.07 bits per heavy atom. The lowest BCUT2D eigenvalue weighted by molar-refractivity contribution is -0.144. The van der Waals surface area contributed by atoms with Crippen LogP contribution in [0, 0.1) is 17.8 Å². The van der Waals surface area contributed by atoms with Gasteiger partial charge in [0.15, 0.2) is 0 Å². The van der Waals surface area contributed by atoms with Gasteiger partial charge in [-0.3, -0.25) is 19.4 Å². The Morgan fingerprint density at radius 3 is 2.56 bits per heavy atom. The fourth-order valence-corrected chi connectivity index (χ4v) is 8.15. The van der Waals surface area contributed by atoms with E-state index in [1.54, 1.807) is 24.1 Å². The second-order valence-electron chi connectivity index (χ2n) is 13.1. The summed E-state index contributed by atoms with van der Waals surface area (Å²) >= 11 is 0. The fourth-order valence-electron chi connectivity index (χ4n) is 8.15. The summed E-state index contributed by atoms with van der Waals surface area (Å²) in [5, 5.41) is 20.8. The first-order valence-electron chi connectivity index (χ1n) is 16.5. The molecule has 0 radical (unpaired) electrons. The van der Waals surface area contributed by atoms with Gasteiger partial charge in [0, 0.05) is 32.8 Å². The van der Waals surface area contributed by atoms with Gasteiger partial charge in [0.2, 0.25) is 11.8 Å². The van der Waals surface area contributed by atoms with Crippen LogP contribution in [0.1, 0.15) is 56.6 Å². The molecule has 4 aliphatic rings. The third kappa shape index (κ3) is 6.82. The summed E-state index contributed by atoms with van der Waals surface area (Å²) < 4.78 is 11.8. The molecule has 0 unspecified atom stereocenters. The molecule has 0 spiro atoms. The Bertz CT molecular complexity index is 1440. The van der Waals surface area contributed by atoms with Crippen LogP contribution in [0.2, 0.25) is 6.32 Å². The Kier molecular flexibility index (Phi) is 9.90. The van der Waals surface area contributed by atoms with Crippen molar-refractivity contribution in [2.75, 3.05) is 26.8 Å². The summed E-state index contributed by atoms with van der Waals surface area (Å²) in [6, 6.07) is 17.5. The molecule has 2 amide bonds. The van der Waals surface area contributed by atoms with E-state index in [-0.39, 0.29) is 35.6 Å². The molecule has 3 heterocycles. The zero-order chi connectivity index (χ0) is 31.5. The van der Waals surface area contributed by atoms with Gasteiger partial charge >= 0.3 is 7.12 Å². The summed E-state index contributed by atoms with van der Waals surface area (Å²) in [7, 11) is 0.664. The second kappa shape index (κ2) is 14.0. The van der Waals surface area contributed by atoms with E-state index in [9.17, 15) is 19.7 Å². The summed E-state index contributed by atoms with van der Waals surface area (Å²) in [6.45, 7) is 5.05. The molecule has 238 valence electrons. The van der Waals surface area contributed by atoms with Crippen LogP contribution in [0.5, 0.6) is 5.75 Å². The van der Waals surface area contributed by atoms with E-state index < -0.39 is 19.0 Å². The van der Waals surface area contributed by atoms with Crippen molar-refractivity contribution in [3.05, 3.63) is 82.4 Å². The highest BCUT2D eigenvalue weighted by Gasteiger charge is 2.58. The van der Waals surface area contributed by atoms with Crippen molar-refractivity contribution in [2.45, 2.75) is 70.5 Å². The largest absolute Gasteiger partial charge is 0.508 e. The van der Waals surface area contributed by atoms with Crippen LogP contribution in [0.25, 0.3) is 6.08 Å². The van der Waals surface area contributed by atoms with E-state index in [0.29, 0.717) is 25.8 Å². The molecule has 3 saturated heterocycles. The van der Waals surface area contributed by atoms with Crippen LogP contribution in [-0.4, -0.2) is 77.8 Å². The molecular formula is C36H45BN2O6. The summed E-state index contributed by atoms with van der Waals surface area (Å²) in [4.78, 5) is 32.2. The van der Waals surface area contributed by atoms with Crippen molar-refractivity contribution in [3.63, 3.8) is 0 Å². The number of fused-ring (bicyclic) bond motifs is 3. The third-order valence-electron chi connectivity index (χ3n) is 10.3.